The van der Waals surface area contributed by atoms with Gasteiger partial charge >= 0.3 is 0 Å². The lowest BCUT2D eigenvalue weighted by Gasteiger charge is -2.30. The number of nitro benzene ring substituents is 1. The largest absolute Gasteiger partial charge is 0.323 e. The van der Waals surface area contributed by atoms with Crippen molar-refractivity contribution in [1.29, 1.82) is 0 Å². The summed E-state index contributed by atoms with van der Waals surface area (Å²) < 4.78 is 30.1. The van der Waals surface area contributed by atoms with Crippen molar-refractivity contribution in [2.24, 2.45) is 20.0 Å². The third kappa shape index (κ3) is 5.22. The summed E-state index contributed by atoms with van der Waals surface area (Å²) in [6.45, 7) is 2.03. The molecule has 1 fully saturated rings. The van der Waals surface area contributed by atoms with Gasteiger partial charge in [0.2, 0.25) is 15.9 Å². The maximum absolute atomic E-state index is 13.0. The van der Waals surface area contributed by atoms with E-state index in [-0.39, 0.29) is 53.8 Å². The highest BCUT2D eigenvalue weighted by atomic mass is 32.2. The molecule has 0 aliphatic carbocycles. The number of non-ortho nitro benzene ring substituents is 1. The number of nitro groups is 1. The van der Waals surface area contributed by atoms with Gasteiger partial charge in [-0.15, -0.1) is 0 Å². The molecule has 4 rings (SSSR count). The molecule has 0 atom stereocenters. The number of nitrogens with zero attached hydrogens (tertiary/aromatic N) is 6. The number of aryl methyl sites for hydroxylation is 2. The first kappa shape index (κ1) is 26.0. The SMILES string of the molecule is Cc1c(NC(=O)c2c(NC(=O)C3CCN(S(=O)(=O)c4ccc([N+](=O)[O-])cc4)CC3)cnn2C)cnn1C. The second kappa shape index (κ2) is 10.1. The van der Waals surface area contributed by atoms with Crippen LogP contribution in [-0.2, 0) is 28.9 Å². The van der Waals surface area contributed by atoms with E-state index in [2.05, 4.69) is 20.8 Å². The number of hydrogen-bond donors (Lipinski definition) is 2. The fraction of sp³-hybridized carbons (Fsp3) is 0.364. The van der Waals surface area contributed by atoms with Crippen molar-refractivity contribution in [1.82, 2.24) is 23.9 Å². The zero-order chi connectivity index (χ0) is 26.9. The van der Waals surface area contributed by atoms with E-state index in [1.54, 1.807) is 18.8 Å². The minimum atomic E-state index is -3.85. The minimum absolute atomic E-state index is 0.0455. The molecule has 2 N–H and O–H groups in total. The number of hydrogen-bond acceptors (Lipinski definition) is 8. The number of carbonyl (C=O) groups excluding carboxylic acids is 2. The Morgan fingerprint density at radius 1 is 1.00 bits per heavy atom. The summed E-state index contributed by atoms with van der Waals surface area (Å²) in [7, 11) is -0.514. The predicted molar refractivity (Wildman–Crippen MR) is 132 cm³/mol. The lowest BCUT2D eigenvalue weighted by atomic mass is 9.97. The van der Waals surface area contributed by atoms with Crippen LogP contribution in [0.3, 0.4) is 0 Å². The van der Waals surface area contributed by atoms with Crippen LogP contribution in [-0.4, -0.2) is 62.1 Å². The number of sulfonamides is 1. The summed E-state index contributed by atoms with van der Waals surface area (Å²) in [6.07, 6.45) is 3.46. The van der Waals surface area contributed by atoms with E-state index in [0.717, 1.165) is 17.8 Å². The van der Waals surface area contributed by atoms with Crippen LogP contribution in [0.5, 0.6) is 0 Å². The molecule has 3 heterocycles. The predicted octanol–water partition coefficient (Wildman–Crippen LogP) is 1.66. The van der Waals surface area contributed by atoms with Gasteiger partial charge in [-0.05, 0) is 31.9 Å². The molecule has 0 bridgehead atoms. The number of rotatable bonds is 7. The molecular formula is C22H26N8O6S. The van der Waals surface area contributed by atoms with Crippen molar-refractivity contribution < 1.29 is 22.9 Å². The van der Waals surface area contributed by atoms with Crippen molar-refractivity contribution in [2.45, 2.75) is 24.7 Å². The van der Waals surface area contributed by atoms with Crippen molar-refractivity contribution in [3.05, 3.63) is 58.2 Å². The van der Waals surface area contributed by atoms with Gasteiger partial charge in [-0.25, -0.2) is 8.42 Å². The van der Waals surface area contributed by atoms with Gasteiger partial charge in [-0.1, -0.05) is 0 Å². The Labute approximate surface area is 212 Å². The van der Waals surface area contributed by atoms with Gasteiger partial charge < -0.3 is 10.6 Å². The maximum Gasteiger partial charge on any atom is 0.276 e. The summed E-state index contributed by atoms with van der Waals surface area (Å²) in [4.78, 5) is 36.1. The van der Waals surface area contributed by atoms with Crippen LogP contribution >= 0.6 is 0 Å². The van der Waals surface area contributed by atoms with Gasteiger partial charge in [-0.2, -0.15) is 14.5 Å². The molecule has 2 amide bonds. The second-order valence-corrected chi connectivity index (χ2v) is 10.6. The van der Waals surface area contributed by atoms with E-state index in [0.29, 0.717) is 5.69 Å². The van der Waals surface area contributed by atoms with E-state index in [1.165, 1.54) is 33.5 Å². The lowest BCUT2D eigenvalue weighted by Crippen LogP contribution is -2.41. The van der Waals surface area contributed by atoms with Crippen molar-refractivity contribution in [2.75, 3.05) is 23.7 Å². The zero-order valence-electron chi connectivity index (χ0n) is 20.4. The van der Waals surface area contributed by atoms with Crippen LogP contribution in [0.15, 0.2) is 41.6 Å². The Morgan fingerprint density at radius 3 is 2.16 bits per heavy atom. The highest BCUT2D eigenvalue weighted by Crippen LogP contribution is 2.27. The van der Waals surface area contributed by atoms with E-state index >= 15 is 0 Å². The van der Waals surface area contributed by atoms with Gasteiger partial charge in [0.05, 0.1) is 39.3 Å². The Bertz CT molecular complexity index is 1450. The first-order chi connectivity index (χ1) is 17.5. The van der Waals surface area contributed by atoms with E-state index < -0.39 is 26.8 Å². The summed E-state index contributed by atoms with van der Waals surface area (Å²) in [6, 6.07) is 4.69. The third-order valence-electron chi connectivity index (χ3n) is 6.41. The van der Waals surface area contributed by atoms with E-state index in [4.69, 9.17) is 0 Å². The Kier molecular flexibility index (Phi) is 7.09. The molecular weight excluding hydrogens is 504 g/mol. The van der Waals surface area contributed by atoms with Crippen LogP contribution < -0.4 is 10.6 Å². The number of amides is 2. The average molecular weight is 531 g/mol. The van der Waals surface area contributed by atoms with Crippen LogP contribution in [0.4, 0.5) is 17.1 Å². The normalized spacial score (nSPS) is 14.9. The first-order valence-corrected chi connectivity index (χ1v) is 12.8. The molecule has 0 saturated carbocycles. The molecule has 196 valence electrons. The molecule has 2 aromatic heterocycles. The fourth-order valence-corrected chi connectivity index (χ4v) is 5.55. The van der Waals surface area contributed by atoms with Crippen LogP contribution in [0.25, 0.3) is 0 Å². The maximum atomic E-state index is 13.0. The number of piperidine rings is 1. The number of nitrogens with one attached hydrogen (secondary N) is 2. The first-order valence-electron chi connectivity index (χ1n) is 11.4. The van der Waals surface area contributed by atoms with Crippen molar-refractivity contribution in [3.8, 4) is 0 Å². The summed E-state index contributed by atoms with van der Waals surface area (Å²) in [5.74, 6) is -1.28. The van der Waals surface area contributed by atoms with Crippen molar-refractivity contribution >= 4 is 38.9 Å². The van der Waals surface area contributed by atoms with Gasteiger partial charge in [-0.3, -0.25) is 29.1 Å². The molecule has 1 aliphatic heterocycles. The average Bonchev–Trinajstić information content (AvgIpc) is 3.40. The smallest absolute Gasteiger partial charge is 0.276 e. The van der Waals surface area contributed by atoms with Gasteiger partial charge in [0.15, 0.2) is 0 Å². The Morgan fingerprint density at radius 2 is 1.59 bits per heavy atom. The molecule has 14 nitrogen and oxygen atoms in total. The molecule has 3 aromatic rings. The molecule has 0 radical (unpaired) electrons. The summed E-state index contributed by atoms with van der Waals surface area (Å²) in [5, 5.41) is 24.5. The van der Waals surface area contributed by atoms with Crippen LogP contribution in [0.2, 0.25) is 0 Å². The molecule has 37 heavy (non-hydrogen) atoms. The molecule has 1 aliphatic rings. The van der Waals surface area contributed by atoms with Gasteiger partial charge in [0.25, 0.3) is 11.6 Å². The number of benzene rings is 1. The lowest BCUT2D eigenvalue weighted by molar-refractivity contribution is -0.384. The third-order valence-corrected chi connectivity index (χ3v) is 8.32. The quantitative estimate of drug-likeness (QED) is 0.342. The number of carbonyl (C=O) groups is 2. The standard InChI is InChI=1S/C22H26N8O6S/c1-14-18(12-23-27(14)2)25-22(32)20-19(13-24-28(20)3)26-21(31)15-8-10-29(11-9-15)37(35,36)17-6-4-16(5-7-17)30(33)34/h4-7,12-13,15H,8-11H2,1-3H3,(H,25,32)(H,26,31). The van der Waals surface area contributed by atoms with E-state index in [9.17, 15) is 28.1 Å². The number of aromatic nitrogens is 4. The monoisotopic (exact) mass is 530 g/mol. The van der Waals surface area contributed by atoms with Crippen LogP contribution in [0, 0.1) is 23.0 Å². The van der Waals surface area contributed by atoms with Gasteiger partial charge in [0.1, 0.15) is 5.69 Å². The molecule has 1 aromatic carbocycles. The highest BCUT2D eigenvalue weighted by molar-refractivity contribution is 7.89. The number of anilines is 2. The zero-order valence-corrected chi connectivity index (χ0v) is 21.2. The second-order valence-electron chi connectivity index (χ2n) is 8.67. The molecule has 0 spiro atoms. The molecule has 1 saturated heterocycles. The molecule has 0 unspecified atom stereocenters. The summed E-state index contributed by atoms with van der Waals surface area (Å²) in [5.41, 5.74) is 1.50. The summed E-state index contributed by atoms with van der Waals surface area (Å²) >= 11 is 0. The topological polar surface area (TPSA) is 174 Å². The molecule has 15 heteroatoms. The minimum Gasteiger partial charge on any atom is -0.323 e. The van der Waals surface area contributed by atoms with Crippen LogP contribution in [0.1, 0.15) is 29.0 Å². The van der Waals surface area contributed by atoms with Gasteiger partial charge in [0, 0.05) is 45.2 Å². The van der Waals surface area contributed by atoms with Crippen molar-refractivity contribution in [3.63, 3.8) is 0 Å². The highest BCUT2D eigenvalue weighted by Gasteiger charge is 2.33. The Hall–Kier alpha value is -4.11. The fourth-order valence-electron chi connectivity index (χ4n) is 4.08. The Balaban J connectivity index is 1.39. The van der Waals surface area contributed by atoms with E-state index in [1.807, 2.05) is 6.92 Å².